The highest BCUT2D eigenvalue weighted by Crippen LogP contribution is 2.65. The number of fused-ring (bicyclic) bond motifs is 3. The van der Waals surface area contributed by atoms with E-state index >= 15 is 0 Å². The van der Waals surface area contributed by atoms with E-state index in [9.17, 15) is 9.59 Å². The minimum absolute atomic E-state index is 0.00247. The summed E-state index contributed by atoms with van der Waals surface area (Å²) < 4.78 is 5.23. The van der Waals surface area contributed by atoms with Crippen molar-refractivity contribution in [3.63, 3.8) is 0 Å². The molecule has 0 radical (unpaired) electrons. The molecular formula is C20H30N2O3. The van der Waals surface area contributed by atoms with Crippen molar-refractivity contribution in [1.29, 1.82) is 0 Å². The fourth-order valence-corrected chi connectivity index (χ4v) is 6.38. The Morgan fingerprint density at radius 3 is 2.28 bits per heavy atom. The first kappa shape index (κ1) is 18.2. The van der Waals surface area contributed by atoms with Gasteiger partial charge in [0.1, 0.15) is 5.71 Å². The van der Waals surface area contributed by atoms with Crippen LogP contribution >= 0.6 is 0 Å². The number of nitrogens with zero attached hydrogens (tertiary/aromatic N) is 1. The molecule has 2 N–H and O–H groups in total. The van der Waals surface area contributed by atoms with Crippen LogP contribution in [0.2, 0.25) is 0 Å². The van der Waals surface area contributed by atoms with Gasteiger partial charge in [-0.3, -0.25) is 9.59 Å². The summed E-state index contributed by atoms with van der Waals surface area (Å²) in [6, 6.07) is 0. The van der Waals surface area contributed by atoms with E-state index in [0.717, 1.165) is 24.8 Å². The lowest BCUT2D eigenvalue weighted by molar-refractivity contribution is -0.161. The zero-order valence-corrected chi connectivity index (χ0v) is 16.3. The quantitative estimate of drug-likeness (QED) is 0.448. The third kappa shape index (κ3) is 2.54. The van der Waals surface area contributed by atoms with Crippen LogP contribution in [0.15, 0.2) is 16.2 Å². The van der Waals surface area contributed by atoms with E-state index in [1.54, 1.807) is 0 Å². The van der Waals surface area contributed by atoms with Crippen LogP contribution in [0, 0.1) is 21.7 Å². The van der Waals surface area contributed by atoms with Crippen molar-refractivity contribution in [2.75, 3.05) is 7.11 Å². The Morgan fingerprint density at radius 1 is 1.08 bits per heavy atom. The molecule has 2 atom stereocenters. The number of hydrogen-bond donors (Lipinski definition) is 1. The second-order valence-electron chi connectivity index (χ2n) is 10.1. The Bertz CT molecular complexity index is 716. The van der Waals surface area contributed by atoms with Crippen molar-refractivity contribution in [1.82, 2.24) is 0 Å². The van der Waals surface area contributed by atoms with Crippen molar-refractivity contribution in [2.24, 2.45) is 32.6 Å². The van der Waals surface area contributed by atoms with Crippen molar-refractivity contribution >= 4 is 17.5 Å². The third-order valence-corrected chi connectivity index (χ3v) is 6.33. The molecule has 2 unspecified atom stereocenters. The van der Waals surface area contributed by atoms with Crippen molar-refractivity contribution in [2.45, 2.75) is 66.7 Å². The van der Waals surface area contributed by atoms with E-state index in [1.165, 1.54) is 7.11 Å². The molecule has 0 aromatic carbocycles. The number of rotatable bonds is 1. The van der Waals surface area contributed by atoms with Gasteiger partial charge in [-0.2, -0.15) is 5.10 Å². The van der Waals surface area contributed by atoms with Crippen LogP contribution in [-0.4, -0.2) is 24.6 Å². The third-order valence-electron chi connectivity index (χ3n) is 6.33. The van der Waals surface area contributed by atoms with Gasteiger partial charge >= 0.3 is 5.97 Å². The van der Waals surface area contributed by atoms with Crippen LogP contribution in [0.1, 0.15) is 66.7 Å². The molecule has 1 saturated carbocycles. The van der Waals surface area contributed by atoms with Crippen molar-refractivity contribution in [3.05, 3.63) is 11.1 Å². The second-order valence-corrected chi connectivity index (χ2v) is 10.1. The highest BCUT2D eigenvalue weighted by atomic mass is 16.5. The Morgan fingerprint density at radius 2 is 1.72 bits per heavy atom. The molecule has 5 heteroatoms. The number of methoxy groups -OCH3 is 1. The standard InChI is InChI=1S/C20H30N2O3/c1-17(2)9-19(5)8-12-7-18(3,4)15(22-21)14(23)13(12)20(10-17,11-19)16(24)25-6/h7-11,21H2,1-6H3. The van der Waals surface area contributed by atoms with Gasteiger partial charge in [-0.25, -0.2) is 0 Å². The molecule has 2 bridgehead atoms. The van der Waals surface area contributed by atoms with Gasteiger partial charge in [0.15, 0.2) is 0 Å². The Hall–Kier alpha value is -1.65. The highest BCUT2D eigenvalue weighted by molar-refractivity contribution is 6.49. The van der Waals surface area contributed by atoms with E-state index in [0.29, 0.717) is 24.1 Å². The summed E-state index contributed by atoms with van der Waals surface area (Å²) in [5.74, 6) is 5.14. The molecule has 5 nitrogen and oxygen atoms in total. The molecule has 3 rings (SSSR count). The van der Waals surface area contributed by atoms with Crippen LogP contribution in [0.25, 0.3) is 0 Å². The molecule has 0 amide bonds. The van der Waals surface area contributed by atoms with Gasteiger partial charge in [0.05, 0.1) is 12.5 Å². The smallest absolute Gasteiger partial charge is 0.316 e. The van der Waals surface area contributed by atoms with E-state index in [1.807, 2.05) is 13.8 Å². The van der Waals surface area contributed by atoms with Gasteiger partial charge in [-0.05, 0) is 42.9 Å². The molecule has 1 fully saturated rings. The van der Waals surface area contributed by atoms with Gasteiger partial charge in [-0.15, -0.1) is 0 Å². The maximum atomic E-state index is 13.4. The molecule has 0 saturated heterocycles. The molecule has 0 aromatic rings. The fourth-order valence-electron chi connectivity index (χ4n) is 6.38. The summed E-state index contributed by atoms with van der Waals surface area (Å²) in [5.41, 5.74) is 0.809. The lowest BCUT2D eigenvalue weighted by Gasteiger charge is -2.57. The van der Waals surface area contributed by atoms with Gasteiger partial charge in [0, 0.05) is 11.0 Å². The second kappa shape index (κ2) is 5.18. The summed E-state index contributed by atoms with van der Waals surface area (Å²) in [5, 5.41) is 3.83. The zero-order chi connectivity index (χ0) is 18.8. The summed E-state index contributed by atoms with van der Waals surface area (Å²) in [6.45, 7) is 10.6. The molecule has 3 aliphatic rings. The normalized spacial score (nSPS) is 37.7. The summed E-state index contributed by atoms with van der Waals surface area (Å²) in [4.78, 5) is 26.4. The van der Waals surface area contributed by atoms with Crippen LogP contribution < -0.4 is 5.84 Å². The molecular weight excluding hydrogens is 316 g/mol. The first-order valence-electron chi connectivity index (χ1n) is 9.04. The average Bonchev–Trinajstić information content (AvgIpc) is 2.41. The topological polar surface area (TPSA) is 81.8 Å². The summed E-state index contributed by atoms with van der Waals surface area (Å²) in [7, 11) is 1.42. The summed E-state index contributed by atoms with van der Waals surface area (Å²) in [6.07, 6.45) is 3.92. The SMILES string of the molecule is COC(=O)C12CC(C)(C)CC(C)(CC3=C1C(=O)C(=NN)C(C)(C)C3)C2. The monoisotopic (exact) mass is 346 g/mol. The molecule has 0 heterocycles. The predicted molar refractivity (Wildman–Crippen MR) is 96.9 cm³/mol. The van der Waals surface area contributed by atoms with Crippen LogP contribution in [0.3, 0.4) is 0 Å². The number of carbonyl (C=O) groups is 2. The number of nitrogens with two attached hydrogens (primary N) is 1. The highest BCUT2D eigenvalue weighted by Gasteiger charge is 2.62. The lowest BCUT2D eigenvalue weighted by atomic mass is 9.45. The molecule has 25 heavy (non-hydrogen) atoms. The number of hydrazone groups is 1. The number of hydrogen-bond acceptors (Lipinski definition) is 5. The van der Waals surface area contributed by atoms with Crippen molar-refractivity contribution in [3.8, 4) is 0 Å². The maximum Gasteiger partial charge on any atom is 0.316 e. The van der Waals surface area contributed by atoms with E-state index in [4.69, 9.17) is 10.6 Å². The van der Waals surface area contributed by atoms with Crippen molar-refractivity contribution < 1.29 is 14.3 Å². The number of esters is 1. The number of allylic oxidation sites excluding steroid dienone is 1. The zero-order valence-electron chi connectivity index (χ0n) is 16.3. The van der Waals surface area contributed by atoms with Crippen LogP contribution in [0.5, 0.6) is 0 Å². The predicted octanol–water partition coefficient (Wildman–Crippen LogP) is 3.38. The minimum Gasteiger partial charge on any atom is -0.468 e. The van der Waals surface area contributed by atoms with E-state index in [2.05, 4.69) is 25.9 Å². The minimum atomic E-state index is -0.873. The lowest BCUT2D eigenvalue weighted by Crippen LogP contribution is -2.56. The van der Waals surface area contributed by atoms with E-state index in [-0.39, 0.29) is 22.6 Å². The van der Waals surface area contributed by atoms with Gasteiger partial charge < -0.3 is 10.6 Å². The molecule has 138 valence electrons. The first-order chi connectivity index (χ1) is 11.4. The number of carbonyl (C=O) groups excluding carboxylic acids is 2. The Kier molecular flexibility index (Phi) is 3.76. The molecule has 0 aliphatic heterocycles. The summed E-state index contributed by atoms with van der Waals surface area (Å²) >= 11 is 0. The Labute approximate surface area is 150 Å². The molecule has 0 aromatic heterocycles. The van der Waals surface area contributed by atoms with Gasteiger partial charge in [-0.1, -0.05) is 40.2 Å². The van der Waals surface area contributed by atoms with Gasteiger partial charge in [0.2, 0.25) is 5.78 Å². The number of Topliss-reactive ketones (excluding diaryl/α,β-unsaturated/α-hetero) is 1. The fraction of sp³-hybridized carbons (Fsp3) is 0.750. The van der Waals surface area contributed by atoms with Crippen LogP contribution in [0.4, 0.5) is 0 Å². The number of ketones is 1. The van der Waals surface area contributed by atoms with E-state index < -0.39 is 10.8 Å². The largest absolute Gasteiger partial charge is 0.468 e. The number of ether oxygens (including phenoxy) is 1. The maximum absolute atomic E-state index is 13.4. The average molecular weight is 346 g/mol. The Balaban J connectivity index is 2.28. The molecule has 3 aliphatic carbocycles. The molecule has 0 spiro atoms. The van der Waals surface area contributed by atoms with Crippen LogP contribution in [-0.2, 0) is 14.3 Å². The van der Waals surface area contributed by atoms with Gasteiger partial charge in [0.25, 0.3) is 0 Å². The first-order valence-corrected chi connectivity index (χ1v) is 9.04.